The van der Waals surface area contributed by atoms with Gasteiger partial charge in [0.05, 0.1) is 25.8 Å². The van der Waals surface area contributed by atoms with E-state index in [0.29, 0.717) is 39.3 Å². The Bertz CT molecular complexity index is 629. The van der Waals surface area contributed by atoms with Crippen molar-refractivity contribution in [3.05, 3.63) is 35.9 Å². The average Bonchev–Trinajstić information content (AvgIpc) is 3.24. The van der Waals surface area contributed by atoms with E-state index in [-0.39, 0.29) is 11.9 Å². The van der Waals surface area contributed by atoms with Gasteiger partial charge in [-0.05, 0) is 37.9 Å². The zero-order chi connectivity index (χ0) is 18.7. The van der Waals surface area contributed by atoms with E-state index in [0.717, 1.165) is 31.7 Å². The van der Waals surface area contributed by atoms with Crippen molar-refractivity contribution >= 4 is 5.91 Å². The first-order chi connectivity index (χ1) is 13.2. The summed E-state index contributed by atoms with van der Waals surface area (Å²) in [5, 5.41) is 11.7. The number of ether oxygens (including phenoxy) is 1. The van der Waals surface area contributed by atoms with Gasteiger partial charge in [-0.3, -0.25) is 14.6 Å². The molecule has 0 saturated carbocycles. The van der Waals surface area contributed by atoms with Gasteiger partial charge in [0.25, 0.3) is 0 Å². The molecule has 1 aromatic rings. The third-order valence-electron chi connectivity index (χ3n) is 6.38. The molecule has 3 heterocycles. The predicted octanol–water partition coefficient (Wildman–Crippen LogP) is 0.903. The van der Waals surface area contributed by atoms with Crippen molar-refractivity contribution in [1.82, 2.24) is 14.7 Å². The summed E-state index contributed by atoms with van der Waals surface area (Å²) in [6, 6.07) is 9.97. The van der Waals surface area contributed by atoms with Gasteiger partial charge < -0.3 is 14.7 Å². The third kappa shape index (κ3) is 4.04. The van der Waals surface area contributed by atoms with Gasteiger partial charge in [0.2, 0.25) is 5.91 Å². The second-order valence-electron chi connectivity index (χ2n) is 8.03. The zero-order valence-corrected chi connectivity index (χ0v) is 16.1. The van der Waals surface area contributed by atoms with Gasteiger partial charge in [0.15, 0.2) is 0 Å². The number of piperidine rings is 1. The van der Waals surface area contributed by atoms with Crippen LogP contribution in [0.5, 0.6) is 0 Å². The first-order valence-corrected chi connectivity index (χ1v) is 10.3. The minimum Gasteiger partial charge on any atom is -0.383 e. The van der Waals surface area contributed by atoms with Crippen molar-refractivity contribution in [2.24, 2.45) is 0 Å². The highest BCUT2D eigenvalue weighted by atomic mass is 16.5. The summed E-state index contributed by atoms with van der Waals surface area (Å²) in [4.78, 5) is 19.5. The van der Waals surface area contributed by atoms with Gasteiger partial charge >= 0.3 is 0 Å². The number of carbonyl (C=O) groups is 1. The second kappa shape index (κ2) is 8.27. The van der Waals surface area contributed by atoms with E-state index in [9.17, 15) is 9.90 Å². The highest BCUT2D eigenvalue weighted by Gasteiger charge is 2.47. The predicted molar refractivity (Wildman–Crippen MR) is 103 cm³/mol. The molecule has 0 aliphatic carbocycles. The van der Waals surface area contributed by atoms with Gasteiger partial charge in [0, 0.05) is 26.2 Å². The molecule has 1 aromatic carbocycles. The van der Waals surface area contributed by atoms with Crippen LogP contribution in [0.2, 0.25) is 0 Å². The molecule has 4 rings (SSSR count). The average molecular weight is 373 g/mol. The van der Waals surface area contributed by atoms with Gasteiger partial charge in [-0.25, -0.2) is 0 Å². The fraction of sp³-hybridized carbons (Fsp3) is 0.667. The van der Waals surface area contributed by atoms with E-state index in [1.165, 1.54) is 12.8 Å². The summed E-state index contributed by atoms with van der Waals surface area (Å²) in [7, 11) is 0. The van der Waals surface area contributed by atoms with E-state index in [4.69, 9.17) is 4.74 Å². The summed E-state index contributed by atoms with van der Waals surface area (Å²) in [6.45, 7) is 6.74. The number of carbonyl (C=O) groups excluding carboxylic acids is 1. The fourth-order valence-electron chi connectivity index (χ4n) is 4.73. The molecule has 1 N–H and O–H groups in total. The number of morpholine rings is 1. The number of hydrogen-bond acceptors (Lipinski definition) is 5. The van der Waals surface area contributed by atoms with E-state index >= 15 is 0 Å². The van der Waals surface area contributed by atoms with Crippen LogP contribution < -0.4 is 0 Å². The Morgan fingerprint density at radius 1 is 1.07 bits per heavy atom. The van der Waals surface area contributed by atoms with Crippen LogP contribution >= 0.6 is 0 Å². The van der Waals surface area contributed by atoms with Crippen molar-refractivity contribution in [3.63, 3.8) is 0 Å². The maximum absolute atomic E-state index is 12.9. The molecule has 3 saturated heterocycles. The van der Waals surface area contributed by atoms with Crippen molar-refractivity contribution in [1.29, 1.82) is 0 Å². The third-order valence-corrected chi connectivity index (χ3v) is 6.38. The van der Waals surface area contributed by atoms with Crippen LogP contribution in [0.1, 0.15) is 24.8 Å². The minimum absolute atomic E-state index is 0.0372. The lowest BCUT2D eigenvalue weighted by atomic mass is 9.79. The van der Waals surface area contributed by atoms with Crippen LogP contribution in [0.3, 0.4) is 0 Å². The Balaban J connectivity index is 1.49. The highest BCUT2D eigenvalue weighted by molar-refractivity contribution is 5.78. The molecular weight excluding hydrogens is 342 g/mol. The Morgan fingerprint density at radius 2 is 1.78 bits per heavy atom. The minimum atomic E-state index is -0.888. The standard InChI is InChI=1S/C21H31N3O3/c25-20(17-22-12-14-27-15-13-22)24-11-8-21(26,18-6-2-1-3-7-18)19(16-24)23-9-4-5-10-23/h1-3,6-7,19,26H,4-5,8-17H2/t19-,21+/m1/s1. The summed E-state index contributed by atoms with van der Waals surface area (Å²) < 4.78 is 5.38. The Morgan fingerprint density at radius 3 is 2.48 bits per heavy atom. The molecule has 6 nitrogen and oxygen atoms in total. The summed E-state index contributed by atoms with van der Waals surface area (Å²) in [5.74, 6) is 0.177. The maximum Gasteiger partial charge on any atom is 0.236 e. The van der Waals surface area contributed by atoms with Crippen molar-refractivity contribution < 1.29 is 14.6 Å². The first-order valence-electron chi connectivity index (χ1n) is 10.3. The highest BCUT2D eigenvalue weighted by Crippen LogP contribution is 2.37. The summed E-state index contributed by atoms with van der Waals surface area (Å²) in [5.41, 5.74) is 0.0867. The van der Waals surface area contributed by atoms with Gasteiger partial charge in [0.1, 0.15) is 5.60 Å². The quantitative estimate of drug-likeness (QED) is 0.850. The normalized spacial score (nSPS) is 30.6. The fourth-order valence-corrected chi connectivity index (χ4v) is 4.73. The van der Waals surface area contributed by atoms with Gasteiger partial charge in [-0.1, -0.05) is 30.3 Å². The summed E-state index contributed by atoms with van der Waals surface area (Å²) >= 11 is 0. The molecule has 6 heteroatoms. The van der Waals surface area contributed by atoms with Crippen LogP contribution in [0.4, 0.5) is 0 Å². The molecule has 3 aliphatic rings. The number of rotatable bonds is 4. The molecule has 0 radical (unpaired) electrons. The molecule has 0 aromatic heterocycles. The Labute approximate surface area is 161 Å². The molecule has 148 valence electrons. The molecule has 0 unspecified atom stereocenters. The molecule has 2 atom stereocenters. The van der Waals surface area contributed by atoms with E-state index in [1.807, 2.05) is 35.2 Å². The second-order valence-corrected chi connectivity index (χ2v) is 8.03. The topological polar surface area (TPSA) is 56.3 Å². The van der Waals surface area contributed by atoms with Crippen molar-refractivity contribution in [3.8, 4) is 0 Å². The first kappa shape index (κ1) is 18.9. The molecule has 3 aliphatic heterocycles. The number of amides is 1. The zero-order valence-electron chi connectivity index (χ0n) is 16.1. The van der Waals surface area contributed by atoms with Crippen molar-refractivity contribution in [2.75, 3.05) is 59.0 Å². The van der Waals surface area contributed by atoms with E-state index in [1.54, 1.807) is 0 Å². The molecule has 3 fully saturated rings. The lowest BCUT2D eigenvalue weighted by molar-refractivity contribution is -0.145. The maximum atomic E-state index is 12.9. The molecule has 27 heavy (non-hydrogen) atoms. The van der Waals surface area contributed by atoms with Gasteiger partial charge in [-0.2, -0.15) is 0 Å². The molecular formula is C21H31N3O3. The number of aliphatic hydroxyl groups is 1. The van der Waals surface area contributed by atoms with E-state index < -0.39 is 5.60 Å². The molecule has 0 bridgehead atoms. The lowest BCUT2D eigenvalue weighted by Crippen LogP contribution is -2.62. The number of benzene rings is 1. The van der Waals surface area contributed by atoms with Crippen LogP contribution in [0.15, 0.2) is 30.3 Å². The summed E-state index contributed by atoms with van der Waals surface area (Å²) in [6.07, 6.45) is 2.93. The molecule has 0 spiro atoms. The smallest absolute Gasteiger partial charge is 0.236 e. The lowest BCUT2D eigenvalue weighted by Gasteiger charge is -2.48. The molecule has 1 amide bonds. The monoisotopic (exact) mass is 373 g/mol. The van der Waals surface area contributed by atoms with Crippen LogP contribution in [-0.2, 0) is 15.1 Å². The Hall–Kier alpha value is -1.47. The number of likely N-dealkylation sites (tertiary alicyclic amines) is 2. The Kier molecular flexibility index (Phi) is 5.78. The van der Waals surface area contributed by atoms with Crippen LogP contribution in [0, 0.1) is 0 Å². The number of hydrogen-bond donors (Lipinski definition) is 1. The van der Waals surface area contributed by atoms with Crippen LogP contribution in [0.25, 0.3) is 0 Å². The van der Waals surface area contributed by atoms with Crippen molar-refractivity contribution in [2.45, 2.75) is 30.9 Å². The SMILES string of the molecule is O=C(CN1CCOCC1)N1CC[C@](O)(c2ccccc2)[C@H](N2CCCC2)C1. The largest absolute Gasteiger partial charge is 0.383 e. The number of nitrogens with zero attached hydrogens (tertiary/aromatic N) is 3. The van der Waals surface area contributed by atoms with E-state index in [2.05, 4.69) is 9.80 Å². The van der Waals surface area contributed by atoms with Crippen LogP contribution in [-0.4, -0.2) is 90.8 Å². The van der Waals surface area contributed by atoms with Gasteiger partial charge in [-0.15, -0.1) is 0 Å².